The van der Waals surface area contributed by atoms with Gasteiger partial charge in [0.05, 0.1) is 18.5 Å². The van der Waals surface area contributed by atoms with E-state index in [-0.39, 0.29) is 0 Å². The molecule has 0 atom stereocenters. The molecule has 5 heteroatoms. The maximum absolute atomic E-state index is 5.88. The molecule has 0 saturated carbocycles. The molecule has 0 bridgehead atoms. The number of nitrogens with two attached hydrogens (primary N) is 1. The van der Waals surface area contributed by atoms with Gasteiger partial charge in [-0.05, 0) is 32.0 Å². The first kappa shape index (κ1) is 13.3. The molecule has 2 N–H and O–H groups in total. The molecule has 0 fully saturated rings. The minimum atomic E-state index is 0.347. The van der Waals surface area contributed by atoms with Gasteiger partial charge in [-0.15, -0.1) is 0 Å². The Hall–Kier alpha value is -2.17. The fraction of sp³-hybridized carbons (Fsp3) is 0.357. The zero-order valence-electron chi connectivity index (χ0n) is 11.5. The van der Waals surface area contributed by atoms with Gasteiger partial charge in [0.1, 0.15) is 18.1 Å². The van der Waals surface area contributed by atoms with E-state index >= 15 is 0 Å². The Bertz CT molecular complexity index is 549. The van der Waals surface area contributed by atoms with E-state index in [1.807, 2.05) is 23.0 Å². The third-order valence-corrected chi connectivity index (χ3v) is 2.79. The Morgan fingerprint density at radius 1 is 1.32 bits per heavy atom. The molecule has 5 nitrogen and oxygen atoms in total. The first-order chi connectivity index (χ1) is 9.10. The molecule has 0 unspecified atom stereocenters. The lowest BCUT2D eigenvalue weighted by Crippen LogP contribution is -2.04. The summed E-state index contributed by atoms with van der Waals surface area (Å²) < 4.78 is 12.6. The van der Waals surface area contributed by atoms with Crippen LogP contribution in [-0.4, -0.2) is 16.9 Å². The normalized spacial score (nSPS) is 10.7. The van der Waals surface area contributed by atoms with Crippen LogP contribution >= 0.6 is 0 Å². The molecule has 1 heterocycles. The fourth-order valence-corrected chi connectivity index (χ4v) is 1.68. The summed E-state index contributed by atoms with van der Waals surface area (Å²) >= 11 is 0. The van der Waals surface area contributed by atoms with Gasteiger partial charge in [0.2, 0.25) is 0 Å². The minimum absolute atomic E-state index is 0.347. The number of ether oxygens (including phenoxy) is 2. The van der Waals surface area contributed by atoms with Crippen LogP contribution in [0.15, 0.2) is 30.5 Å². The lowest BCUT2D eigenvalue weighted by Gasteiger charge is -2.09. The van der Waals surface area contributed by atoms with E-state index in [0.717, 1.165) is 5.69 Å². The first-order valence-corrected chi connectivity index (χ1v) is 6.20. The van der Waals surface area contributed by atoms with Crippen molar-refractivity contribution in [1.29, 1.82) is 0 Å². The predicted molar refractivity (Wildman–Crippen MR) is 74.4 cm³/mol. The van der Waals surface area contributed by atoms with Gasteiger partial charge in [0.25, 0.3) is 0 Å². The largest absolute Gasteiger partial charge is 0.497 e. The molecule has 0 amide bonds. The average Bonchev–Trinajstić information content (AvgIpc) is 2.86. The van der Waals surface area contributed by atoms with Crippen LogP contribution in [0.25, 0.3) is 0 Å². The molecule has 0 saturated heterocycles. The summed E-state index contributed by atoms with van der Waals surface area (Å²) in [6.07, 6.45) is 1.95. The van der Waals surface area contributed by atoms with Gasteiger partial charge in [0.15, 0.2) is 0 Å². The van der Waals surface area contributed by atoms with Crippen LogP contribution in [-0.2, 0) is 6.61 Å². The summed E-state index contributed by atoms with van der Waals surface area (Å²) in [5.74, 6) is 1.36. The van der Waals surface area contributed by atoms with E-state index in [0.29, 0.717) is 29.8 Å². The first-order valence-electron chi connectivity index (χ1n) is 6.20. The van der Waals surface area contributed by atoms with Crippen LogP contribution < -0.4 is 15.2 Å². The third-order valence-electron chi connectivity index (χ3n) is 2.79. The molecule has 0 aliphatic rings. The van der Waals surface area contributed by atoms with Gasteiger partial charge in [-0.25, -0.2) is 0 Å². The van der Waals surface area contributed by atoms with Crippen LogP contribution in [0.3, 0.4) is 0 Å². The summed E-state index contributed by atoms with van der Waals surface area (Å²) in [6, 6.07) is 7.65. The average molecular weight is 261 g/mol. The van der Waals surface area contributed by atoms with Gasteiger partial charge < -0.3 is 15.2 Å². The minimum Gasteiger partial charge on any atom is -0.497 e. The second kappa shape index (κ2) is 5.65. The Morgan fingerprint density at radius 2 is 2.11 bits per heavy atom. The van der Waals surface area contributed by atoms with Crippen molar-refractivity contribution < 1.29 is 9.47 Å². The van der Waals surface area contributed by atoms with E-state index in [9.17, 15) is 0 Å². The Labute approximate surface area is 112 Å². The highest BCUT2D eigenvalue weighted by molar-refractivity contribution is 5.56. The number of nitrogens with zero attached hydrogens (tertiary/aromatic N) is 2. The number of rotatable bonds is 5. The molecule has 102 valence electrons. The number of aromatic nitrogens is 2. The summed E-state index contributed by atoms with van der Waals surface area (Å²) in [7, 11) is 1.61. The molecule has 2 aromatic rings. The lowest BCUT2D eigenvalue weighted by molar-refractivity contribution is 0.300. The molecule has 0 spiro atoms. The molecular weight excluding hydrogens is 242 g/mol. The zero-order valence-corrected chi connectivity index (χ0v) is 11.5. The summed E-state index contributed by atoms with van der Waals surface area (Å²) in [5, 5.41) is 4.41. The molecule has 19 heavy (non-hydrogen) atoms. The topological polar surface area (TPSA) is 62.3 Å². The van der Waals surface area contributed by atoms with Gasteiger partial charge >= 0.3 is 0 Å². The molecule has 0 radical (unpaired) electrons. The second-order valence-electron chi connectivity index (χ2n) is 4.57. The van der Waals surface area contributed by atoms with Crippen molar-refractivity contribution in [1.82, 2.24) is 9.78 Å². The van der Waals surface area contributed by atoms with Crippen molar-refractivity contribution in [3.05, 3.63) is 36.2 Å². The number of hydrogen-bond donors (Lipinski definition) is 1. The van der Waals surface area contributed by atoms with Crippen molar-refractivity contribution in [3.8, 4) is 11.5 Å². The van der Waals surface area contributed by atoms with Gasteiger partial charge in [-0.1, -0.05) is 0 Å². The maximum Gasteiger partial charge on any atom is 0.143 e. The highest BCUT2D eigenvalue weighted by Gasteiger charge is 2.05. The SMILES string of the molecule is COc1ccc(OCc2ccn(C(C)C)n2)c(N)c1. The summed E-state index contributed by atoms with van der Waals surface area (Å²) in [5.41, 5.74) is 7.32. The monoisotopic (exact) mass is 261 g/mol. The van der Waals surface area contributed by atoms with Crippen LogP contribution in [0, 0.1) is 0 Å². The smallest absolute Gasteiger partial charge is 0.143 e. The third kappa shape index (κ3) is 3.19. The Morgan fingerprint density at radius 3 is 2.68 bits per heavy atom. The fourth-order valence-electron chi connectivity index (χ4n) is 1.68. The highest BCUT2D eigenvalue weighted by Crippen LogP contribution is 2.26. The van der Waals surface area contributed by atoms with Gasteiger partial charge in [-0.3, -0.25) is 4.68 Å². The quantitative estimate of drug-likeness (QED) is 0.840. The molecule has 0 aliphatic heterocycles. The summed E-state index contributed by atoms with van der Waals surface area (Å²) in [4.78, 5) is 0. The molecule has 0 aliphatic carbocycles. The number of benzene rings is 1. The number of methoxy groups -OCH3 is 1. The molecule has 1 aromatic carbocycles. The molecule has 1 aromatic heterocycles. The van der Waals surface area contributed by atoms with Crippen LogP contribution in [0.5, 0.6) is 11.5 Å². The molecular formula is C14H19N3O2. The van der Waals surface area contributed by atoms with E-state index in [1.54, 1.807) is 19.2 Å². The second-order valence-corrected chi connectivity index (χ2v) is 4.57. The van der Waals surface area contributed by atoms with Crippen molar-refractivity contribution in [2.45, 2.75) is 26.5 Å². The Balaban J connectivity index is 2.01. The van der Waals surface area contributed by atoms with Crippen LogP contribution in [0.1, 0.15) is 25.6 Å². The maximum atomic E-state index is 5.88. The predicted octanol–water partition coefficient (Wildman–Crippen LogP) is 2.63. The van der Waals surface area contributed by atoms with E-state index in [4.69, 9.17) is 15.2 Å². The lowest BCUT2D eigenvalue weighted by atomic mass is 10.3. The number of nitrogen functional groups attached to an aromatic ring is 1. The van der Waals surface area contributed by atoms with Gasteiger partial charge in [-0.2, -0.15) is 5.10 Å². The van der Waals surface area contributed by atoms with E-state index in [2.05, 4.69) is 18.9 Å². The van der Waals surface area contributed by atoms with Crippen molar-refractivity contribution in [2.24, 2.45) is 0 Å². The summed E-state index contributed by atoms with van der Waals surface area (Å²) in [6.45, 7) is 4.56. The highest BCUT2D eigenvalue weighted by atomic mass is 16.5. The van der Waals surface area contributed by atoms with Crippen molar-refractivity contribution >= 4 is 5.69 Å². The Kier molecular flexibility index (Phi) is 3.94. The zero-order chi connectivity index (χ0) is 13.8. The van der Waals surface area contributed by atoms with Crippen molar-refractivity contribution in [3.63, 3.8) is 0 Å². The van der Waals surface area contributed by atoms with Crippen LogP contribution in [0.2, 0.25) is 0 Å². The van der Waals surface area contributed by atoms with Crippen LogP contribution in [0.4, 0.5) is 5.69 Å². The van der Waals surface area contributed by atoms with E-state index < -0.39 is 0 Å². The van der Waals surface area contributed by atoms with E-state index in [1.165, 1.54) is 0 Å². The number of hydrogen-bond acceptors (Lipinski definition) is 4. The standard InChI is InChI=1S/C14H19N3O2/c1-10(2)17-7-6-11(16-17)9-19-14-5-4-12(18-3)8-13(14)15/h4-8,10H,9,15H2,1-3H3. The van der Waals surface area contributed by atoms with Gasteiger partial charge in [0, 0.05) is 18.3 Å². The van der Waals surface area contributed by atoms with Crippen molar-refractivity contribution in [2.75, 3.05) is 12.8 Å². The molecule has 2 rings (SSSR count). The number of anilines is 1.